The van der Waals surface area contributed by atoms with Gasteiger partial charge in [0.1, 0.15) is 0 Å². The van der Waals surface area contributed by atoms with Crippen LogP contribution in [0.15, 0.2) is 41.3 Å². The fourth-order valence-corrected chi connectivity index (χ4v) is 1.81. The third-order valence-electron chi connectivity index (χ3n) is 1.85. The number of rotatable bonds is 3. The van der Waals surface area contributed by atoms with Gasteiger partial charge in [0.15, 0.2) is 9.84 Å². The number of sulfone groups is 1. The molecule has 4 nitrogen and oxygen atoms in total. The van der Waals surface area contributed by atoms with Gasteiger partial charge in [-0.3, -0.25) is 4.79 Å². The molecule has 0 heterocycles. The van der Waals surface area contributed by atoms with E-state index in [1.807, 2.05) is 0 Å². The number of anilines is 1. The van der Waals surface area contributed by atoms with Crippen molar-refractivity contribution in [3.05, 3.63) is 36.4 Å². The van der Waals surface area contributed by atoms with Crippen LogP contribution in [0.1, 0.15) is 6.92 Å². The summed E-state index contributed by atoms with van der Waals surface area (Å²) in [6, 6.07) is 6.13. The van der Waals surface area contributed by atoms with Crippen molar-refractivity contribution in [1.29, 1.82) is 0 Å². The third-order valence-corrected chi connectivity index (χ3v) is 2.96. The minimum absolute atomic E-state index is 0.186. The van der Waals surface area contributed by atoms with Crippen LogP contribution >= 0.6 is 0 Å². The molecule has 86 valence electrons. The largest absolute Gasteiger partial charge is 0.322 e. The van der Waals surface area contributed by atoms with Gasteiger partial charge in [-0.2, -0.15) is 0 Å². The summed E-state index contributed by atoms with van der Waals surface area (Å²) in [5.41, 5.74) is 0.464. The zero-order chi connectivity index (χ0) is 12.2. The van der Waals surface area contributed by atoms with E-state index in [0.29, 0.717) is 5.69 Å². The Labute approximate surface area is 94.9 Å². The minimum Gasteiger partial charge on any atom is -0.322 e. The van der Waals surface area contributed by atoms with Crippen LogP contribution in [-0.4, -0.2) is 20.6 Å². The first kappa shape index (κ1) is 12.4. The number of hydrogen-bond donors (Lipinski definition) is 1. The monoisotopic (exact) mass is 239 g/mol. The molecule has 0 saturated carbocycles. The molecule has 1 N–H and O–H groups in total. The van der Waals surface area contributed by atoms with Gasteiger partial charge in [-0.05, 0) is 31.2 Å². The summed E-state index contributed by atoms with van der Waals surface area (Å²) in [5.74, 6) is -0.284. The van der Waals surface area contributed by atoms with Crippen LogP contribution in [0.4, 0.5) is 5.69 Å². The van der Waals surface area contributed by atoms with Crippen LogP contribution in [-0.2, 0) is 14.6 Å². The summed E-state index contributed by atoms with van der Waals surface area (Å²) in [7, 11) is -3.24. The molecule has 0 fully saturated rings. The van der Waals surface area contributed by atoms with Crippen LogP contribution in [0, 0.1) is 0 Å². The maximum atomic E-state index is 11.3. The van der Waals surface area contributed by atoms with Crippen molar-refractivity contribution in [3.63, 3.8) is 0 Å². The maximum Gasteiger partial charge on any atom is 0.248 e. The molecule has 0 aliphatic heterocycles. The Morgan fingerprint density at radius 2 is 2.06 bits per heavy atom. The van der Waals surface area contributed by atoms with Crippen LogP contribution in [0.5, 0.6) is 0 Å². The average Bonchev–Trinajstić information content (AvgIpc) is 2.17. The van der Waals surface area contributed by atoms with Gasteiger partial charge >= 0.3 is 0 Å². The molecule has 1 aromatic carbocycles. The number of allylic oxidation sites excluding steroid dienone is 1. The molecular weight excluding hydrogens is 226 g/mol. The normalized spacial score (nSPS) is 11.6. The molecule has 0 bridgehead atoms. The predicted octanol–water partition coefficient (Wildman–Crippen LogP) is 1.60. The van der Waals surface area contributed by atoms with Crippen molar-refractivity contribution in [2.45, 2.75) is 11.8 Å². The fraction of sp³-hybridized carbons (Fsp3) is 0.182. The molecule has 0 unspecified atom stereocenters. The van der Waals surface area contributed by atoms with Gasteiger partial charge in [-0.25, -0.2) is 8.42 Å². The Bertz CT molecular complexity index is 518. The van der Waals surface area contributed by atoms with Crippen LogP contribution in [0.2, 0.25) is 0 Å². The van der Waals surface area contributed by atoms with Gasteiger partial charge in [0.2, 0.25) is 5.91 Å². The molecule has 0 aliphatic carbocycles. The van der Waals surface area contributed by atoms with Crippen molar-refractivity contribution < 1.29 is 13.2 Å². The highest BCUT2D eigenvalue weighted by Crippen LogP contribution is 2.15. The Balaban J connectivity index is 2.96. The minimum atomic E-state index is -3.24. The second kappa shape index (κ2) is 4.94. The van der Waals surface area contributed by atoms with Gasteiger partial charge in [-0.15, -0.1) is 0 Å². The van der Waals surface area contributed by atoms with Gasteiger partial charge < -0.3 is 5.32 Å². The van der Waals surface area contributed by atoms with E-state index < -0.39 is 9.84 Å². The molecule has 0 aromatic heterocycles. The lowest BCUT2D eigenvalue weighted by atomic mass is 10.3. The fourth-order valence-electron chi connectivity index (χ4n) is 1.14. The molecule has 0 aliphatic rings. The highest BCUT2D eigenvalue weighted by molar-refractivity contribution is 7.90. The Morgan fingerprint density at radius 1 is 1.38 bits per heavy atom. The molecule has 0 radical (unpaired) electrons. The highest BCUT2D eigenvalue weighted by atomic mass is 32.2. The maximum absolute atomic E-state index is 11.3. The van der Waals surface area contributed by atoms with Gasteiger partial charge in [0.25, 0.3) is 0 Å². The molecule has 1 amide bonds. The number of hydrogen-bond acceptors (Lipinski definition) is 3. The highest BCUT2D eigenvalue weighted by Gasteiger charge is 2.07. The summed E-state index contributed by atoms with van der Waals surface area (Å²) in [5, 5.41) is 2.57. The Hall–Kier alpha value is -1.62. The first-order valence-electron chi connectivity index (χ1n) is 4.67. The standard InChI is InChI=1S/C11H13NO3S/c1-3-5-11(13)12-9-6-4-7-10(8-9)16(2,14)15/h3-8H,1-2H3,(H,12,13)/b5-3+. The number of benzene rings is 1. The molecule has 1 aromatic rings. The van der Waals surface area contributed by atoms with Gasteiger partial charge in [0, 0.05) is 11.9 Å². The molecule has 5 heteroatoms. The first-order chi connectivity index (χ1) is 7.43. The van der Waals surface area contributed by atoms with Crippen LogP contribution in [0.3, 0.4) is 0 Å². The van der Waals surface area contributed by atoms with Crippen molar-refractivity contribution in [3.8, 4) is 0 Å². The van der Waals surface area contributed by atoms with Crippen molar-refractivity contribution >= 4 is 21.4 Å². The quantitative estimate of drug-likeness (QED) is 0.815. The number of amides is 1. The lowest BCUT2D eigenvalue weighted by molar-refractivity contribution is -0.111. The number of nitrogens with one attached hydrogen (secondary N) is 1. The van der Waals surface area contributed by atoms with E-state index in [9.17, 15) is 13.2 Å². The van der Waals surface area contributed by atoms with Crippen molar-refractivity contribution in [2.24, 2.45) is 0 Å². The lowest BCUT2D eigenvalue weighted by Crippen LogP contribution is -2.08. The van der Waals surface area contributed by atoms with E-state index in [4.69, 9.17) is 0 Å². The smallest absolute Gasteiger partial charge is 0.248 e. The molecule has 1 rings (SSSR count). The van der Waals surface area contributed by atoms with Crippen LogP contribution in [0.25, 0.3) is 0 Å². The number of carbonyl (C=O) groups is 1. The first-order valence-corrected chi connectivity index (χ1v) is 6.56. The number of carbonyl (C=O) groups excluding carboxylic acids is 1. The average molecular weight is 239 g/mol. The van der Waals surface area contributed by atoms with E-state index in [-0.39, 0.29) is 10.8 Å². The lowest BCUT2D eigenvalue weighted by Gasteiger charge is -2.04. The summed E-state index contributed by atoms with van der Waals surface area (Å²) < 4.78 is 22.5. The van der Waals surface area contributed by atoms with Crippen molar-refractivity contribution in [2.75, 3.05) is 11.6 Å². The molecule has 16 heavy (non-hydrogen) atoms. The summed E-state index contributed by atoms with van der Waals surface area (Å²) >= 11 is 0. The summed E-state index contributed by atoms with van der Waals surface area (Å²) in [4.78, 5) is 11.4. The topological polar surface area (TPSA) is 63.2 Å². The zero-order valence-electron chi connectivity index (χ0n) is 9.10. The van der Waals surface area contributed by atoms with E-state index in [0.717, 1.165) is 6.26 Å². The zero-order valence-corrected chi connectivity index (χ0v) is 9.91. The van der Waals surface area contributed by atoms with Crippen molar-refractivity contribution in [1.82, 2.24) is 0 Å². The molecular formula is C11H13NO3S. The van der Waals surface area contributed by atoms with Gasteiger partial charge in [0.05, 0.1) is 4.90 Å². The second-order valence-corrected chi connectivity index (χ2v) is 5.30. The summed E-state index contributed by atoms with van der Waals surface area (Å²) in [6.07, 6.45) is 4.10. The Morgan fingerprint density at radius 3 is 2.62 bits per heavy atom. The van der Waals surface area contributed by atoms with E-state index in [1.54, 1.807) is 25.1 Å². The molecule has 0 atom stereocenters. The third kappa shape index (κ3) is 3.51. The van der Waals surface area contributed by atoms with E-state index in [1.165, 1.54) is 18.2 Å². The molecule has 0 saturated heterocycles. The second-order valence-electron chi connectivity index (χ2n) is 3.29. The molecule has 0 spiro atoms. The predicted molar refractivity (Wildman–Crippen MR) is 63.0 cm³/mol. The van der Waals surface area contributed by atoms with E-state index >= 15 is 0 Å². The van der Waals surface area contributed by atoms with Crippen LogP contribution < -0.4 is 5.32 Å². The SMILES string of the molecule is C/C=C/C(=O)Nc1cccc(S(C)(=O)=O)c1. The van der Waals surface area contributed by atoms with E-state index in [2.05, 4.69) is 5.32 Å². The summed E-state index contributed by atoms with van der Waals surface area (Å²) in [6.45, 7) is 1.73. The van der Waals surface area contributed by atoms with Gasteiger partial charge in [-0.1, -0.05) is 12.1 Å². The Kier molecular flexibility index (Phi) is 3.84.